The van der Waals surface area contributed by atoms with Gasteiger partial charge < -0.3 is 10.1 Å². The molecule has 3 N–H and O–H groups in total. The lowest BCUT2D eigenvalue weighted by Crippen LogP contribution is -2.43. The lowest BCUT2D eigenvalue weighted by Gasteiger charge is -2.14. The second-order valence-electron chi connectivity index (χ2n) is 6.27. The topological polar surface area (TPSA) is 96.5 Å². The van der Waals surface area contributed by atoms with Crippen molar-refractivity contribution in [2.75, 3.05) is 13.2 Å². The van der Waals surface area contributed by atoms with Gasteiger partial charge in [0.05, 0.1) is 6.04 Å². The van der Waals surface area contributed by atoms with Gasteiger partial charge in [0, 0.05) is 6.42 Å². The van der Waals surface area contributed by atoms with Gasteiger partial charge in [0.15, 0.2) is 0 Å². The van der Waals surface area contributed by atoms with Crippen LogP contribution in [-0.4, -0.2) is 30.9 Å². The minimum Gasteiger partial charge on any atom is -0.362 e. The Morgan fingerprint density at radius 2 is 1.39 bits per heavy atom. The zero-order chi connectivity index (χ0) is 20.2. The predicted molar refractivity (Wildman–Crippen MR) is 105 cm³/mol. The molecule has 0 saturated carbocycles. The number of hydrazine groups is 1. The van der Waals surface area contributed by atoms with Crippen molar-refractivity contribution in [3.63, 3.8) is 0 Å². The number of amides is 3. The molecule has 7 heteroatoms. The van der Waals surface area contributed by atoms with Gasteiger partial charge in [-0.3, -0.25) is 25.2 Å². The summed E-state index contributed by atoms with van der Waals surface area (Å²) in [7, 11) is 0. The maximum absolute atomic E-state index is 11.9. The molecule has 28 heavy (non-hydrogen) atoms. The normalized spacial score (nSPS) is 11.3. The highest BCUT2D eigenvalue weighted by Crippen LogP contribution is 2.10. The molecule has 1 atom stereocenters. The molecule has 0 bridgehead atoms. The molecule has 0 heterocycles. The van der Waals surface area contributed by atoms with Crippen LogP contribution in [0, 0.1) is 0 Å². The Bertz CT molecular complexity index is 766. The molecule has 0 aliphatic heterocycles. The summed E-state index contributed by atoms with van der Waals surface area (Å²) in [6, 6.07) is 19.0. The van der Waals surface area contributed by atoms with Crippen molar-refractivity contribution in [1.82, 2.24) is 16.2 Å². The lowest BCUT2D eigenvalue weighted by atomic mass is 10.1. The Balaban J connectivity index is 1.56. The highest BCUT2D eigenvalue weighted by atomic mass is 16.5. The minimum absolute atomic E-state index is 0.157. The summed E-state index contributed by atoms with van der Waals surface area (Å²) >= 11 is 0. The van der Waals surface area contributed by atoms with Gasteiger partial charge in [0.1, 0.15) is 13.2 Å². The lowest BCUT2D eigenvalue weighted by molar-refractivity contribution is -0.134. The van der Waals surface area contributed by atoms with Crippen LogP contribution in [0.25, 0.3) is 0 Å². The van der Waals surface area contributed by atoms with Gasteiger partial charge in [-0.05, 0) is 24.5 Å². The molecule has 0 aliphatic carbocycles. The van der Waals surface area contributed by atoms with Crippen molar-refractivity contribution in [2.45, 2.75) is 25.8 Å². The van der Waals surface area contributed by atoms with Crippen molar-refractivity contribution >= 4 is 17.7 Å². The molecule has 0 aromatic heterocycles. The summed E-state index contributed by atoms with van der Waals surface area (Å²) in [6.45, 7) is 1.30. The van der Waals surface area contributed by atoms with Gasteiger partial charge in [-0.15, -0.1) is 0 Å². The number of carbonyl (C=O) groups is 3. The van der Waals surface area contributed by atoms with Gasteiger partial charge in [-0.25, -0.2) is 0 Å². The van der Waals surface area contributed by atoms with Crippen LogP contribution in [0.15, 0.2) is 60.7 Å². The van der Waals surface area contributed by atoms with Gasteiger partial charge in [0.25, 0.3) is 5.91 Å². The van der Waals surface area contributed by atoms with Crippen molar-refractivity contribution in [2.24, 2.45) is 0 Å². The second-order valence-corrected chi connectivity index (χ2v) is 6.27. The van der Waals surface area contributed by atoms with E-state index >= 15 is 0 Å². The van der Waals surface area contributed by atoms with Crippen LogP contribution in [-0.2, 0) is 25.5 Å². The van der Waals surface area contributed by atoms with Gasteiger partial charge in [0.2, 0.25) is 11.8 Å². The SMILES string of the molecule is CC(NC(=O)COCC(=O)NNC(=O)CCc1ccccc1)c1ccccc1. The first-order chi connectivity index (χ1) is 13.5. The maximum Gasteiger partial charge on any atom is 0.264 e. The fourth-order valence-electron chi connectivity index (χ4n) is 2.49. The summed E-state index contributed by atoms with van der Waals surface area (Å²) in [5, 5.41) is 2.79. The van der Waals surface area contributed by atoms with E-state index in [4.69, 9.17) is 4.74 Å². The highest BCUT2D eigenvalue weighted by Gasteiger charge is 2.10. The second kappa shape index (κ2) is 11.5. The summed E-state index contributed by atoms with van der Waals surface area (Å²) in [4.78, 5) is 35.2. The number of nitrogens with one attached hydrogen (secondary N) is 3. The number of aryl methyl sites for hydroxylation is 1. The van der Waals surface area contributed by atoms with E-state index in [-0.39, 0.29) is 37.5 Å². The van der Waals surface area contributed by atoms with Crippen molar-refractivity contribution in [3.8, 4) is 0 Å². The third-order valence-corrected chi connectivity index (χ3v) is 3.97. The van der Waals surface area contributed by atoms with Gasteiger partial charge in [-0.1, -0.05) is 60.7 Å². The van der Waals surface area contributed by atoms with E-state index in [1.54, 1.807) is 0 Å². The molecular weight excluding hydrogens is 358 g/mol. The molecule has 2 rings (SSSR count). The van der Waals surface area contributed by atoms with Crippen LogP contribution >= 0.6 is 0 Å². The maximum atomic E-state index is 11.9. The smallest absolute Gasteiger partial charge is 0.264 e. The fourth-order valence-corrected chi connectivity index (χ4v) is 2.49. The van der Waals surface area contributed by atoms with E-state index in [0.717, 1.165) is 11.1 Å². The van der Waals surface area contributed by atoms with E-state index in [2.05, 4.69) is 16.2 Å². The summed E-state index contributed by atoms with van der Waals surface area (Å²) in [5.74, 6) is -1.15. The quantitative estimate of drug-likeness (QED) is 0.574. The number of ether oxygens (including phenoxy) is 1. The van der Waals surface area contributed by atoms with E-state index in [0.29, 0.717) is 6.42 Å². The largest absolute Gasteiger partial charge is 0.362 e. The molecule has 2 aromatic rings. The summed E-state index contributed by atoms with van der Waals surface area (Å²) in [5.41, 5.74) is 6.61. The van der Waals surface area contributed by atoms with Crippen LogP contribution in [0.1, 0.15) is 30.5 Å². The monoisotopic (exact) mass is 383 g/mol. The third-order valence-electron chi connectivity index (χ3n) is 3.97. The van der Waals surface area contributed by atoms with E-state index in [1.165, 1.54) is 0 Å². The number of benzene rings is 2. The Hall–Kier alpha value is -3.19. The Labute approximate surface area is 164 Å². The first kappa shape index (κ1) is 21.1. The molecule has 1 unspecified atom stereocenters. The molecular formula is C21H25N3O4. The molecule has 7 nitrogen and oxygen atoms in total. The van der Waals surface area contributed by atoms with Crippen LogP contribution in [0.4, 0.5) is 0 Å². The number of carbonyl (C=O) groups excluding carboxylic acids is 3. The van der Waals surface area contributed by atoms with Crippen molar-refractivity contribution < 1.29 is 19.1 Å². The molecule has 0 saturated heterocycles. The number of hydrogen-bond acceptors (Lipinski definition) is 4. The Morgan fingerprint density at radius 3 is 2.07 bits per heavy atom. The molecule has 148 valence electrons. The standard InChI is InChI=1S/C21H25N3O4/c1-16(18-10-6-3-7-11-18)22-20(26)14-28-15-21(27)24-23-19(25)13-12-17-8-4-2-5-9-17/h2-11,16H,12-15H2,1H3,(H,22,26)(H,23,25)(H,24,27). The predicted octanol–water partition coefficient (Wildman–Crippen LogP) is 1.66. The van der Waals surface area contributed by atoms with Crippen LogP contribution < -0.4 is 16.2 Å². The zero-order valence-electron chi connectivity index (χ0n) is 15.8. The molecule has 0 aliphatic rings. The molecule has 2 aromatic carbocycles. The molecule has 0 fully saturated rings. The Kier molecular flexibility index (Phi) is 8.68. The summed E-state index contributed by atoms with van der Waals surface area (Å²) < 4.78 is 5.08. The average Bonchev–Trinajstić information content (AvgIpc) is 2.72. The number of hydrogen-bond donors (Lipinski definition) is 3. The van der Waals surface area contributed by atoms with E-state index < -0.39 is 5.91 Å². The zero-order valence-corrected chi connectivity index (χ0v) is 15.8. The van der Waals surface area contributed by atoms with Crippen LogP contribution in [0.3, 0.4) is 0 Å². The molecule has 0 spiro atoms. The Morgan fingerprint density at radius 1 is 0.821 bits per heavy atom. The van der Waals surface area contributed by atoms with E-state index in [9.17, 15) is 14.4 Å². The van der Waals surface area contributed by atoms with Crippen LogP contribution in [0.2, 0.25) is 0 Å². The fraction of sp³-hybridized carbons (Fsp3) is 0.286. The average molecular weight is 383 g/mol. The first-order valence-corrected chi connectivity index (χ1v) is 9.08. The molecule has 3 amide bonds. The van der Waals surface area contributed by atoms with Crippen LogP contribution in [0.5, 0.6) is 0 Å². The van der Waals surface area contributed by atoms with Gasteiger partial charge in [-0.2, -0.15) is 0 Å². The third kappa shape index (κ3) is 8.01. The number of rotatable bonds is 9. The van der Waals surface area contributed by atoms with E-state index in [1.807, 2.05) is 67.6 Å². The highest BCUT2D eigenvalue weighted by molar-refractivity contribution is 5.83. The molecule has 0 radical (unpaired) electrons. The van der Waals surface area contributed by atoms with Crippen molar-refractivity contribution in [1.29, 1.82) is 0 Å². The summed E-state index contributed by atoms with van der Waals surface area (Å²) in [6.07, 6.45) is 0.837. The minimum atomic E-state index is -0.531. The van der Waals surface area contributed by atoms with Gasteiger partial charge >= 0.3 is 0 Å². The van der Waals surface area contributed by atoms with Crippen molar-refractivity contribution in [3.05, 3.63) is 71.8 Å². The first-order valence-electron chi connectivity index (χ1n) is 9.08.